The summed E-state index contributed by atoms with van der Waals surface area (Å²) in [5, 5.41) is 11.2. The number of nitrogens with zero attached hydrogens (tertiary/aromatic N) is 5. The maximum atomic E-state index is 13.9. The van der Waals surface area contributed by atoms with Gasteiger partial charge < -0.3 is 23.8 Å². The molecule has 47 heavy (non-hydrogen) atoms. The van der Waals surface area contributed by atoms with Gasteiger partial charge in [-0.25, -0.2) is 0 Å². The van der Waals surface area contributed by atoms with Gasteiger partial charge in [0.25, 0.3) is 11.8 Å². The molecule has 13 nitrogen and oxygen atoms in total. The highest BCUT2D eigenvalue weighted by molar-refractivity contribution is 6.18. The third-order valence-corrected chi connectivity index (χ3v) is 9.91. The number of aromatic nitrogens is 1. The first-order valence-electron chi connectivity index (χ1n) is 15.9. The number of hydrogen-bond acceptors (Lipinski definition) is 8. The SMILES string of the molecule is COc1ccc2c(c1OC)C(=O)N1c3ccccc3C(=O)N(CCCCCC(=O)N3C[C@H]4C[C@@H](C3)c3ccc([N+](=O)[O-])c(=O)n3C4)C21. The lowest BCUT2D eigenvalue weighted by atomic mass is 9.83. The summed E-state index contributed by atoms with van der Waals surface area (Å²) in [5.41, 5.74) is 1.83. The monoisotopic (exact) mass is 641 g/mol. The van der Waals surface area contributed by atoms with Gasteiger partial charge in [0.15, 0.2) is 11.5 Å². The number of nitro groups is 1. The van der Waals surface area contributed by atoms with Gasteiger partial charge in [-0.3, -0.25) is 34.2 Å². The van der Waals surface area contributed by atoms with E-state index in [0.29, 0.717) is 85.7 Å². The van der Waals surface area contributed by atoms with Crippen molar-refractivity contribution in [3.05, 3.63) is 91.4 Å². The normalized spacial score (nSPS) is 20.7. The number of unbranched alkanes of at least 4 members (excludes halogenated alkanes) is 2. The number of benzene rings is 2. The highest BCUT2D eigenvalue weighted by Crippen LogP contribution is 2.49. The maximum absolute atomic E-state index is 13.9. The lowest BCUT2D eigenvalue weighted by Gasteiger charge is -2.42. The molecule has 0 saturated carbocycles. The van der Waals surface area contributed by atoms with E-state index in [1.807, 2.05) is 17.0 Å². The van der Waals surface area contributed by atoms with Gasteiger partial charge in [-0.1, -0.05) is 24.6 Å². The third kappa shape index (κ3) is 4.91. The minimum atomic E-state index is -0.646. The second-order valence-electron chi connectivity index (χ2n) is 12.6. The molecule has 4 aliphatic heterocycles. The molecule has 1 fully saturated rings. The number of anilines is 1. The average Bonchev–Trinajstić information content (AvgIpc) is 3.37. The van der Waals surface area contributed by atoms with Gasteiger partial charge in [-0.15, -0.1) is 0 Å². The molecule has 2 aromatic carbocycles. The van der Waals surface area contributed by atoms with E-state index < -0.39 is 22.3 Å². The van der Waals surface area contributed by atoms with Gasteiger partial charge in [0, 0.05) is 55.8 Å². The molecule has 1 saturated heterocycles. The van der Waals surface area contributed by atoms with E-state index in [1.165, 1.54) is 24.9 Å². The van der Waals surface area contributed by atoms with Gasteiger partial charge in [0.2, 0.25) is 5.91 Å². The number of pyridine rings is 1. The van der Waals surface area contributed by atoms with E-state index in [4.69, 9.17) is 9.47 Å². The van der Waals surface area contributed by atoms with Crippen molar-refractivity contribution < 1.29 is 28.8 Å². The smallest absolute Gasteiger partial charge is 0.334 e. The molecule has 4 aliphatic rings. The molecule has 2 bridgehead atoms. The number of carbonyl (C=O) groups excluding carboxylic acids is 3. The zero-order valence-electron chi connectivity index (χ0n) is 26.2. The topological polar surface area (TPSA) is 145 Å². The third-order valence-electron chi connectivity index (χ3n) is 9.91. The molecule has 1 aromatic heterocycles. The predicted molar refractivity (Wildman–Crippen MR) is 170 cm³/mol. The average molecular weight is 642 g/mol. The molecule has 0 spiro atoms. The molecule has 0 radical (unpaired) electrons. The first-order chi connectivity index (χ1) is 22.7. The van der Waals surface area contributed by atoms with E-state index in [1.54, 1.807) is 40.1 Å². The van der Waals surface area contributed by atoms with Crippen LogP contribution >= 0.6 is 0 Å². The van der Waals surface area contributed by atoms with Crippen LogP contribution in [0.15, 0.2) is 53.3 Å². The summed E-state index contributed by atoms with van der Waals surface area (Å²) < 4.78 is 12.6. The van der Waals surface area contributed by atoms with Crippen LogP contribution in [0.25, 0.3) is 0 Å². The van der Waals surface area contributed by atoms with Gasteiger partial charge >= 0.3 is 11.2 Å². The Kier molecular flexibility index (Phi) is 7.69. The molecule has 0 N–H and O–H groups in total. The molecule has 0 aliphatic carbocycles. The first-order valence-corrected chi connectivity index (χ1v) is 15.9. The zero-order chi connectivity index (χ0) is 33.0. The summed E-state index contributed by atoms with van der Waals surface area (Å²) in [5.74, 6) is 0.443. The number of carbonyl (C=O) groups is 3. The van der Waals surface area contributed by atoms with Crippen LogP contribution in [-0.4, -0.2) is 70.9 Å². The molecule has 5 heterocycles. The molecular weight excluding hydrogens is 606 g/mol. The zero-order valence-corrected chi connectivity index (χ0v) is 26.2. The number of ether oxygens (including phenoxy) is 2. The number of piperidine rings is 1. The number of hydrogen-bond donors (Lipinski definition) is 0. The lowest BCUT2D eigenvalue weighted by Crippen LogP contribution is -2.49. The number of methoxy groups -OCH3 is 2. The van der Waals surface area contributed by atoms with Crippen molar-refractivity contribution in [1.29, 1.82) is 0 Å². The second kappa shape index (κ2) is 11.9. The fraction of sp³-hybridized carbons (Fsp3) is 0.412. The van der Waals surface area contributed by atoms with E-state index in [0.717, 1.165) is 12.1 Å². The van der Waals surface area contributed by atoms with Crippen LogP contribution in [0.2, 0.25) is 0 Å². The summed E-state index contributed by atoms with van der Waals surface area (Å²) in [6.07, 6.45) is 2.57. The Hall–Kier alpha value is -5.20. The molecule has 13 heteroatoms. The van der Waals surface area contributed by atoms with E-state index in [9.17, 15) is 29.3 Å². The highest BCUT2D eigenvalue weighted by atomic mass is 16.6. The molecule has 3 amide bonds. The highest BCUT2D eigenvalue weighted by Gasteiger charge is 2.49. The Morgan fingerprint density at radius 3 is 2.51 bits per heavy atom. The fourth-order valence-electron chi connectivity index (χ4n) is 7.82. The molecular formula is C34H35N5O8. The Labute approximate surface area is 270 Å². The van der Waals surface area contributed by atoms with Crippen LogP contribution in [0.5, 0.6) is 11.5 Å². The van der Waals surface area contributed by atoms with Crippen molar-refractivity contribution in [3.8, 4) is 11.5 Å². The van der Waals surface area contributed by atoms with Crippen molar-refractivity contribution in [3.63, 3.8) is 0 Å². The van der Waals surface area contributed by atoms with Gasteiger partial charge in [-0.05, 0) is 49.4 Å². The molecule has 244 valence electrons. The maximum Gasteiger partial charge on any atom is 0.334 e. The van der Waals surface area contributed by atoms with Crippen molar-refractivity contribution >= 4 is 29.1 Å². The molecule has 3 atom stereocenters. The fourth-order valence-corrected chi connectivity index (χ4v) is 7.82. The minimum Gasteiger partial charge on any atom is -0.493 e. The van der Waals surface area contributed by atoms with E-state index in [2.05, 4.69) is 0 Å². The molecule has 3 aromatic rings. The van der Waals surface area contributed by atoms with Gasteiger partial charge in [0.1, 0.15) is 6.17 Å². The Bertz CT molecular complexity index is 1870. The minimum absolute atomic E-state index is 0.0357. The Morgan fingerprint density at radius 1 is 0.936 bits per heavy atom. The van der Waals surface area contributed by atoms with Crippen LogP contribution < -0.4 is 19.9 Å². The van der Waals surface area contributed by atoms with Crippen LogP contribution in [0, 0.1) is 16.0 Å². The van der Waals surface area contributed by atoms with Gasteiger partial charge in [-0.2, -0.15) is 0 Å². The largest absolute Gasteiger partial charge is 0.493 e. The van der Waals surface area contributed by atoms with Crippen LogP contribution in [0.4, 0.5) is 11.4 Å². The molecule has 1 unspecified atom stereocenters. The number of fused-ring (bicyclic) bond motifs is 9. The van der Waals surface area contributed by atoms with E-state index in [-0.39, 0.29) is 29.6 Å². The van der Waals surface area contributed by atoms with Crippen molar-refractivity contribution in [2.75, 3.05) is 38.8 Å². The van der Waals surface area contributed by atoms with Crippen molar-refractivity contribution in [2.24, 2.45) is 5.92 Å². The van der Waals surface area contributed by atoms with Crippen LogP contribution in [-0.2, 0) is 11.3 Å². The number of amides is 3. The first kappa shape index (κ1) is 30.5. The van der Waals surface area contributed by atoms with Crippen molar-refractivity contribution in [2.45, 2.75) is 50.7 Å². The number of likely N-dealkylation sites (tertiary alicyclic amines) is 1. The summed E-state index contributed by atoms with van der Waals surface area (Å²) in [7, 11) is 3.01. The Morgan fingerprint density at radius 2 is 1.74 bits per heavy atom. The van der Waals surface area contributed by atoms with Crippen LogP contribution in [0.1, 0.15) is 76.2 Å². The lowest BCUT2D eigenvalue weighted by molar-refractivity contribution is -0.386. The standard InChI is InChI=1S/C34H35N5O8/c1-46-27-14-11-23-29(30(27)47-2)34(43)38-25-9-6-5-8-22(25)32(41)36(31(23)38)15-7-3-4-10-28(40)35-17-20-16-21(19-35)24-12-13-26(39(44)45)33(42)37(24)18-20/h5-6,8-9,11-14,20-21,31H,3-4,7,10,15-19H2,1-2H3/t20-,21+,31?/m1/s1. The summed E-state index contributed by atoms with van der Waals surface area (Å²) >= 11 is 0. The van der Waals surface area contributed by atoms with Gasteiger partial charge in [0.05, 0.1) is 36.0 Å². The quantitative estimate of drug-likeness (QED) is 0.193. The summed E-state index contributed by atoms with van der Waals surface area (Å²) in [6.45, 7) is 1.76. The summed E-state index contributed by atoms with van der Waals surface area (Å²) in [4.78, 5) is 69.5. The number of rotatable bonds is 9. The summed E-state index contributed by atoms with van der Waals surface area (Å²) in [6, 6.07) is 13.6. The van der Waals surface area contributed by atoms with Crippen molar-refractivity contribution in [1.82, 2.24) is 14.4 Å². The predicted octanol–water partition coefficient (Wildman–Crippen LogP) is 4.09. The van der Waals surface area contributed by atoms with Crippen LogP contribution in [0.3, 0.4) is 0 Å². The second-order valence-corrected chi connectivity index (χ2v) is 12.6. The van der Waals surface area contributed by atoms with E-state index >= 15 is 0 Å². The Balaban J connectivity index is 1.01. The molecule has 7 rings (SSSR count). The number of para-hydroxylation sites is 1.